The molecule has 3 aromatic carbocycles. The number of nitrogens with one attached hydrogen (secondary N) is 2. The molecule has 5 saturated heterocycles. The number of aromatic nitrogens is 2. The molecule has 3 atom stereocenters. The Balaban J connectivity index is 0.711. The number of nitrogens with zero attached hydrogens (tertiary/aromatic N) is 9. The Morgan fingerprint density at radius 1 is 0.856 bits per heavy atom. The van der Waals surface area contributed by atoms with Crippen LogP contribution in [0.2, 0.25) is 0 Å². The van der Waals surface area contributed by atoms with Crippen LogP contribution in [-0.4, -0.2) is 169 Å². The highest BCUT2D eigenvalue weighted by molar-refractivity contribution is 7.23. The first-order valence-electron chi connectivity index (χ1n) is 31.7. The van der Waals surface area contributed by atoms with Gasteiger partial charge in [0.25, 0.3) is 5.91 Å². The van der Waals surface area contributed by atoms with E-state index < -0.39 is 41.1 Å². The van der Waals surface area contributed by atoms with Crippen molar-refractivity contribution in [3.63, 3.8) is 0 Å². The third-order valence-corrected chi connectivity index (χ3v) is 20.1. The van der Waals surface area contributed by atoms with Crippen molar-refractivity contribution in [3.05, 3.63) is 64.2 Å². The molecule has 0 radical (unpaired) electrons. The van der Waals surface area contributed by atoms with Crippen LogP contribution in [0.5, 0.6) is 11.8 Å². The standard InChI is InChI=1S/C66H81F2N11O10S/c1-38(31-74-25-27-75(28-26-74)32-39-15-18-66(19-16-39)20-23-76(24-21-66)59(81)40-9-14-49(85-8)48(29-40)78-22-17-50(80)70-61(78)82)35-87-60-71-55-53(57(72-60)79-41-10-11-42(79)34-77(33-41)63(84)89-65(5,6)7)46-37-86-36-45(46)51(54(55)68)43-12-13-47(67)56-52(43)44(30-69)58(90-56)73-62(83)88-64(2,3)4/h9,12-14,29,38-39,41-42H,10-11,15-28,31-37H2,1-8H3,(H,73,83)(H,70,80,82)/t38-,41?,42?/m1/s1. The van der Waals surface area contributed by atoms with Crippen LogP contribution in [0.25, 0.3) is 32.1 Å². The number of halogens is 2. The lowest BCUT2D eigenvalue weighted by Crippen LogP contribution is -2.56. The fourth-order valence-electron chi connectivity index (χ4n) is 14.6. The van der Waals surface area contributed by atoms with Gasteiger partial charge in [-0.15, -0.1) is 11.3 Å². The van der Waals surface area contributed by atoms with E-state index in [1.807, 2.05) is 25.7 Å². The summed E-state index contributed by atoms with van der Waals surface area (Å²) in [7, 11) is 1.52. The number of fused-ring (bicyclic) bond motifs is 6. The number of anilines is 3. The van der Waals surface area contributed by atoms with Crippen molar-refractivity contribution in [1.82, 2.24) is 34.9 Å². The van der Waals surface area contributed by atoms with Crippen LogP contribution in [0.4, 0.5) is 39.7 Å². The Kier molecular flexibility index (Phi) is 17.4. The molecule has 24 heteroatoms. The third kappa shape index (κ3) is 12.8. The number of imide groups is 1. The van der Waals surface area contributed by atoms with Crippen LogP contribution in [-0.2, 0) is 32.2 Å². The molecule has 5 aromatic rings. The summed E-state index contributed by atoms with van der Waals surface area (Å²) < 4.78 is 63.8. The lowest BCUT2D eigenvalue weighted by Gasteiger charge is -2.47. The molecule has 480 valence electrons. The minimum Gasteiger partial charge on any atom is -0.495 e. The number of piperazine rings is 2. The van der Waals surface area contributed by atoms with Gasteiger partial charge in [-0.05, 0) is 145 Å². The summed E-state index contributed by atoms with van der Waals surface area (Å²) in [6.45, 7) is 21.0. The monoisotopic (exact) mass is 1260 g/mol. The smallest absolute Gasteiger partial charge is 0.412 e. The van der Waals surface area contributed by atoms with Gasteiger partial charge in [0.05, 0.1) is 48.3 Å². The predicted octanol–water partition coefficient (Wildman–Crippen LogP) is 10.8. The maximum atomic E-state index is 18.3. The summed E-state index contributed by atoms with van der Waals surface area (Å²) in [6, 6.07) is 9.12. The number of benzene rings is 3. The first kappa shape index (κ1) is 62.7. The molecule has 2 aromatic heterocycles. The molecule has 1 spiro atoms. The van der Waals surface area contributed by atoms with E-state index >= 15 is 8.78 Å². The summed E-state index contributed by atoms with van der Waals surface area (Å²) in [5.74, 6) is -0.145. The van der Waals surface area contributed by atoms with Gasteiger partial charge in [0.15, 0.2) is 5.82 Å². The molecule has 2 N–H and O–H groups in total. The SMILES string of the molecule is COc1ccc(C(=O)N2CCC3(CCC(CN4CCN(C[C@@H](C)COc5nc(N6C7CCC6CN(C(=O)OC(C)(C)C)C7)c6c7c(c(-c8ccc(F)c9sc(NC(=O)OC(C)(C)C)c(C#N)c89)c(F)c6n5)COC7)CC4)CC3)CC2)cc1N1CCC(=O)NC1=O. The summed E-state index contributed by atoms with van der Waals surface area (Å²) in [4.78, 5) is 87.4. The Bertz CT molecular complexity index is 3670. The average molecular weight is 1260 g/mol. The van der Waals surface area contributed by atoms with Gasteiger partial charge in [-0.2, -0.15) is 15.2 Å². The molecule has 6 fully saturated rings. The van der Waals surface area contributed by atoms with Crippen LogP contribution in [0.15, 0.2) is 30.3 Å². The Morgan fingerprint density at radius 3 is 2.21 bits per heavy atom. The predicted molar refractivity (Wildman–Crippen MR) is 336 cm³/mol. The van der Waals surface area contributed by atoms with Crippen molar-refractivity contribution in [3.8, 4) is 29.0 Å². The highest BCUT2D eigenvalue weighted by atomic mass is 32.1. The van der Waals surface area contributed by atoms with Crippen LogP contribution in [0.3, 0.4) is 0 Å². The first-order valence-corrected chi connectivity index (χ1v) is 32.5. The zero-order chi connectivity index (χ0) is 63.6. The largest absolute Gasteiger partial charge is 0.495 e. The molecule has 8 heterocycles. The van der Waals surface area contributed by atoms with Crippen molar-refractivity contribution >= 4 is 78.9 Å². The Hall–Kier alpha value is -7.46. The minimum atomic E-state index is -0.850. The second kappa shape index (κ2) is 25.0. The number of amides is 6. The Labute approximate surface area is 527 Å². The van der Waals surface area contributed by atoms with Crippen LogP contribution in [0, 0.1) is 40.2 Å². The second-order valence-electron chi connectivity index (χ2n) is 27.6. The molecular weight excluding hydrogens is 1180 g/mol. The number of carbonyl (C=O) groups excluding carboxylic acids is 5. The van der Waals surface area contributed by atoms with Gasteiger partial charge in [-0.3, -0.25) is 25.1 Å². The fourth-order valence-corrected chi connectivity index (χ4v) is 15.7. The van der Waals surface area contributed by atoms with E-state index in [0.717, 1.165) is 102 Å². The number of nitriles is 1. The van der Waals surface area contributed by atoms with Gasteiger partial charge in [-0.25, -0.2) is 23.2 Å². The normalized spacial score (nSPS) is 21.2. The molecule has 6 amide bonds. The molecule has 7 aliphatic rings. The summed E-state index contributed by atoms with van der Waals surface area (Å²) in [5, 5.41) is 16.3. The lowest BCUT2D eigenvalue weighted by atomic mass is 9.65. The maximum absolute atomic E-state index is 18.3. The summed E-state index contributed by atoms with van der Waals surface area (Å²) >= 11 is 0.872. The van der Waals surface area contributed by atoms with Crippen molar-refractivity contribution in [2.24, 2.45) is 17.3 Å². The fraction of sp³-hybridized carbons (Fsp3) is 0.576. The van der Waals surface area contributed by atoms with Crippen molar-refractivity contribution in [2.75, 3.05) is 101 Å². The van der Waals surface area contributed by atoms with E-state index in [2.05, 4.69) is 38.3 Å². The number of rotatable bonds is 13. The van der Waals surface area contributed by atoms with Crippen molar-refractivity contribution < 1.29 is 56.4 Å². The van der Waals surface area contributed by atoms with E-state index in [1.54, 1.807) is 43.9 Å². The molecule has 2 unspecified atom stereocenters. The van der Waals surface area contributed by atoms with E-state index in [9.17, 15) is 29.2 Å². The van der Waals surface area contributed by atoms with Gasteiger partial charge >= 0.3 is 24.2 Å². The molecule has 21 nitrogen and oxygen atoms in total. The van der Waals surface area contributed by atoms with E-state index in [4.69, 9.17) is 33.7 Å². The molecule has 2 bridgehead atoms. The minimum absolute atomic E-state index is 0.00397. The summed E-state index contributed by atoms with van der Waals surface area (Å²) in [5.41, 5.74) is 1.14. The molecule has 1 saturated carbocycles. The maximum Gasteiger partial charge on any atom is 0.412 e. The van der Waals surface area contributed by atoms with E-state index in [1.165, 1.54) is 24.1 Å². The number of methoxy groups -OCH3 is 1. The molecule has 90 heavy (non-hydrogen) atoms. The van der Waals surface area contributed by atoms with Gasteiger partial charge < -0.3 is 48.2 Å². The number of likely N-dealkylation sites (tertiary alicyclic amines) is 2. The number of hydrogen-bond donors (Lipinski definition) is 2. The molecule has 6 aliphatic heterocycles. The Morgan fingerprint density at radius 2 is 1.54 bits per heavy atom. The molecule has 1 aliphatic carbocycles. The third-order valence-electron chi connectivity index (χ3n) is 19.0. The molecular formula is C66H81F2N11O10S. The zero-order valence-corrected chi connectivity index (χ0v) is 53.5. The van der Waals surface area contributed by atoms with Crippen LogP contribution in [0.1, 0.15) is 133 Å². The van der Waals surface area contributed by atoms with Crippen molar-refractivity contribution in [2.45, 2.75) is 143 Å². The topological polar surface area (TPSA) is 225 Å². The number of ether oxygens (including phenoxy) is 5. The number of thiophene rings is 1. The van der Waals surface area contributed by atoms with E-state index in [-0.39, 0.29) is 111 Å². The average Bonchev–Trinajstić information content (AvgIpc) is 1.40. The zero-order valence-electron chi connectivity index (χ0n) is 52.7. The highest BCUT2D eigenvalue weighted by Crippen LogP contribution is 2.51. The number of urea groups is 1. The number of piperidine rings is 1. The highest BCUT2D eigenvalue weighted by Gasteiger charge is 2.46. The van der Waals surface area contributed by atoms with Crippen LogP contribution < -0.4 is 29.9 Å². The second-order valence-corrected chi connectivity index (χ2v) is 28.6. The van der Waals surface area contributed by atoms with Crippen molar-refractivity contribution in [1.29, 1.82) is 5.26 Å². The van der Waals surface area contributed by atoms with E-state index in [0.29, 0.717) is 71.4 Å². The molecule has 12 rings (SSSR count). The first-order chi connectivity index (χ1) is 43.0. The van der Waals surface area contributed by atoms with Crippen LogP contribution >= 0.6 is 11.3 Å². The number of hydrogen-bond acceptors (Lipinski definition) is 17. The van der Waals surface area contributed by atoms with Gasteiger partial charge in [0, 0.05) is 113 Å². The van der Waals surface area contributed by atoms with Gasteiger partial charge in [-0.1, -0.05) is 13.0 Å². The number of carbonyl (C=O) groups is 5. The van der Waals surface area contributed by atoms with Gasteiger partial charge in [0.2, 0.25) is 5.91 Å². The van der Waals surface area contributed by atoms with Gasteiger partial charge in [0.1, 0.15) is 45.2 Å². The summed E-state index contributed by atoms with van der Waals surface area (Å²) in [6.07, 6.45) is 7.03. The lowest BCUT2D eigenvalue weighted by molar-refractivity contribution is -0.120. The quantitative estimate of drug-likeness (QED) is 0.112.